The second kappa shape index (κ2) is 6.23. The zero-order chi connectivity index (χ0) is 24.5. The van der Waals surface area contributed by atoms with Crippen molar-refractivity contribution in [2.75, 3.05) is 0 Å². The van der Waals surface area contributed by atoms with Crippen molar-refractivity contribution < 1.29 is 4.42 Å². The summed E-state index contributed by atoms with van der Waals surface area (Å²) < 4.78 is 8.50. The maximum atomic E-state index is 6.19. The van der Waals surface area contributed by atoms with Crippen LogP contribution in [0.1, 0.15) is 71.8 Å². The molecule has 0 aliphatic heterocycles. The first-order valence-corrected chi connectivity index (χ1v) is 12.6. The molecule has 0 saturated carbocycles. The van der Waals surface area contributed by atoms with Gasteiger partial charge in [0.1, 0.15) is 22.6 Å². The molecule has 4 heteroatoms. The molecule has 7 rings (SSSR count). The molecule has 1 aliphatic rings. The highest BCUT2D eigenvalue weighted by Crippen LogP contribution is 2.50. The molecule has 4 nitrogen and oxygen atoms in total. The molecule has 176 valence electrons. The maximum absolute atomic E-state index is 6.19. The minimum atomic E-state index is -0.171. The molecule has 1 aliphatic carbocycles. The van der Waals surface area contributed by atoms with Crippen molar-refractivity contribution in [2.24, 2.45) is 0 Å². The lowest BCUT2D eigenvalue weighted by atomic mass is 9.82. The summed E-state index contributed by atoms with van der Waals surface area (Å²) in [5, 5.41) is 3.23. The van der Waals surface area contributed by atoms with Gasteiger partial charge in [0.25, 0.3) is 0 Å². The Morgan fingerprint density at radius 3 is 2.29 bits per heavy atom. The molecule has 0 fully saturated rings. The third-order valence-corrected chi connectivity index (χ3v) is 7.99. The lowest BCUT2D eigenvalue weighted by Crippen LogP contribution is -2.19. The van der Waals surface area contributed by atoms with Crippen LogP contribution in [0.3, 0.4) is 0 Å². The fourth-order valence-electron chi connectivity index (χ4n) is 6.69. The van der Waals surface area contributed by atoms with Crippen molar-refractivity contribution in [3.8, 4) is 0 Å². The van der Waals surface area contributed by atoms with Crippen molar-refractivity contribution in [3.63, 3.8) is 0 Å². The van der Waals surface area contributed by atoms with Crippen LogP contribution in [0.25, 0.3) is 49.5 Å². The zero-order valence-corrected chi connectivity index (χ0v) is 21.6. The van der Waals surface area contributed by atoms with Crippen molar-refractivity contribution >= 4 is 49.5 Å². The first-order chi connectivity index (χ1) is 16.5. The number of imidazole rings is 1. The van der Waals surface area contributed by atoms with Crippen LogP contribution in [0.4, 0.5) is 0 Å². The van der Waals surface area contributed by atoms with Gasteiger partial charge in [-0.15, -0.1) is 0 Å². The number of hydrogen-bond acceptors (Lipinski definition) is 3. The number of rotatable bonds is 0. The summed E-state index contributed by atoms with van der Waals surface area (Å²) in [5.41, 5.74) is 8.86. The number of nitrogens with zero attached hydrogens (tertiary/aromatic N) is 3. The average Bonchev–Trinajstić information content (AvgIpc) is 3.39. The van der Waals surface area contributed by atoms with Crippen LogP contribution in [0, 0.1) is 0 Å². The average molecular weight is 462 g/mol. The number of aromatic nitrogens is 3. The predicted molar refractivity (Wildman–Crippen MR) is 145 cm³/mol. The Kier molecular flexibility index (Phi) is 3.73. The van der Waals surface area contributed by atoms with Crippen molar-refractivity contribution in [3.05, 3.63) is 65.5 Å². The van der Waals surface area contributed by atoms with Gasteiger partial charge >= 0.3 is 0 Å². The number of benzene rings is 3. The minimum absolute atomic E-state index is 0.130. The molecular formula is C31H31N3O. The molecule has 0 spiro atoms. The zero-order valence-electron chi connectivity index (χ0n) is 21.6. The fraction of sp³-hybridized carbons (Fsp3) is 0.355. The predicted octanol–water partition coefficient (Wildman–Crippen LogP) is 8.19. The van der Waals surface area contributed by atoms with E-state index in [-0.39, 0.29) is 16.2 Å². The fourth-order valence-corrected chi connectivity index (χ4v) is 6.69. The molecule has 0 radical (unpaired) electrons. The Hall–Kier alpha value is -3.40. The van der Waals surface area contributed by atoms with Crippen LogP contribution in [-0.2, 0) is 16.2 Å². The van der Waals surface area contributed by atoms with E-state index >= 15 is 0 Å². The van der Waals surface area contributed by atoms with Crippen molar-refractivity contribution in [1.29, 1.82) is 0 Å². The second-order valence-corrected chi connectivity index (χ2v) is 12.7. The Bertz CT molecular complexity index is 1860. The van der Waals surface area contributed by atoms with E-state index in [2.05, 4.69) is 89.3 Å². The van der Waals surface area contributed by atoms with Crippen LogP contribution < -0.4 is 0 Å². The summed E-state index contributed by atoms with van der Waals surface area (Å²) in [6.07, 6.45) is 1.14. The number of hydrogen-bond donors (Lipinski definition) is 0. The first kappa shape index (κ1) is 20.9. The summed E-state index contributed by atoms with van der Waals surface area (Å²) in [7, 11) is 0. The first-order valence-electron chi connectivity index (χ1n) is 12.6. The SMILES string of the molecule is CC(C)(C)c1nc2c(ccc3oc4ccccc4c32)c2nc3cc4c(cc3n12)C(C)(C)CC4(C)C. The Balaban J connectivity index is 1.70. The largest absolute Gasteiger partial charge is 0.456 e. The highest BCUT2D eigenvalue weighted by atomic mass is 16.3. The Morgan fingerprint density at radius 2 is 1.54 bits per heavy atom. The molecule has 3 aromatic carbocycles. The normalized spacial score (nSPS) is 17.3. The summed E-state index contributed by atoms with van der Waals surface area (Å²) in [5.74, 6) is 1.02. The highest BCUT2D eigenvalue weighted by molar-refractivity contribution is 6.19. The van der Waals surface area contributed by atoms with E-state index in [0.29, 0.717) is 0 Å². The van der Waals surface area contributed by atoms with E-state index < -0.39 is 0 Å². The van der Waals surface area contributed by atoms with Gasteiger partial charge < -0.3 is 4.42 Å². The van der Waals surface area contributed by atoms with Gasteiger partial charge in [0, 0.05) is 16.2 Å². The van der Waals surface area contributed by atoms with Crippen LogP contribution in [0.15, 0.2) is 52.9 Å². The van der Waals surface area contributed by atoms with Crippen molar-refractivity contribution in [2.45, 2.75) is 71.1 Å². The molecule has 0 bridgehead atoms. The molecule has 0 amide bonds. The maximum Gasteiger partial charge on any atom is 0.148 e. The summed E-state index contributed by atoms with van der Waals surface area (Å²) in [4.78, 5) is 10.6. The quantitative estimate of drug-likeness (QED) is 0.229. The third-order valence-electron chi connectivity index (χ3n) is 7.99. The Morgan fingerprint density at radius 1 is 0.829 bits per heavy atom. The molecule has 6 aromatic rings. The van der Waals surface area contributed by atoms with Crippen LogP contribution >= 0.6 is 0 Å². The number of fused-ring (bicyclic) bond motifs is 10. The van der Waals surface area contributed by atoms with E-state index in [4.69, 9.17) is 14.4 Å². The standard InChI is InChI=1S/C31H31N3O/c1-29(2,3)28-33-26-18(12-13-24-25(26)17-10-8-9-11-23(17)35-24)27-32-21-14-19-20(15-22(21)34(27)28)31(6,7)16-30(19,4)5/h8-15H,16H2,1-7H3. The molecule has 3 aromatic heterocycles. The van der Waals surface area contributed by atoms with Crippen molar-refractivity contribution in [1.82, 2.24) is 14.4 Å². The molecule has 35 heavy (non-hydrogen) atoms. The third kappa shape index (κ3) is 2.68. The summed E-state index contributed by atoms with van der Waals surface area (Å²) in [6, 6.07) is 17.2. The molecule has 0 unspecified atom stereocenters. The molecule has 0 saturated heterocycles. The smallest absolute Gasteiger partial charge is 0.148 e. The lowest BCUT2D eigenvalue weighted by molar-refractivity contribution is 0.403. The number of furan rings is 1. The highest BCUT2D eigenvalue weighted by Gasteiger charge is 2.42. The van der Waals surface area contributed by atoms with Gasteiger partial charge in [0.05, 0.1) is 21.9 Å². The van der Waals surface area contributed by atoms with Gasteiger partial charge in [-0.05, 0) is 58.7 Å². The van der Waals surface area contributed by atoms with E-state index in [0.717, 1.165) is 61.8 Å². The van der Waals surface area contributed by atoms with Gasteiger partial charge in [-0.25, -0.2) is 9.97 Å². The van der Waals surface area contributed by atoms with Gasteiger partial charge in [-0.2, -0.15) is 0 Å². The van der Waals surface area contributed by atoms with Crippen LogP contribution in [0.2, 0.25) is 0 Å². The summed E-state index contributed by atoms with van der Waals surface area (Å²) >= 11 is 0. The lowest BCUT2D eigenvalue weighted by Gasteiger charge is -2.22. The summed E-state index contributed by atoms with van der Waals surface area (Å²) in [6.45, 7) is 16.2. The molecular weight excluding hydrogens is 430 g/mol. The monoisotopic (exact) mass is 461 g/mol. The van der Waals surface area contributed by atoms with Crippen LogP contribution in [-0.4, -0.2) is 14.4 Å². The van der Waals surface area contributed by atoms with E-state index in [9.17, 15) is 0 Å². The number of para-hydroxylation sites is 1. The van der Waals surface area contributed by atoms with E-state index in [1.54, 1.807) is 0 Å². The minimum Gasteiger partial charge on any atom is -0.456 e. The van der Waals surface area contributed by atoms with Gasteiger partial charge in [0.2, 0.25) is 0 Å². The van der Waals surface area contributed by atoms with Crippen LogP contribution in [0.5, 0.6) is 0 Å². The van der Waals surface area contributed by atoms with Gasteiger partial charge in [-0.1, -0.05) is 66.7 Å². The van der Waals surface area contributed by atoms with Gasteiger partial charge in [0.15, 0.2) is 0 Å². The Labute approximate surface area is 205 Å². The van der Waals surface area contributed by atoms with E-state index in [1.165, 1.54) is 11.1 Å². The molecule has 0 atom stereocenters. The second-order valence-electron chi connectivity index (χ2n) is 12.7. The van der Waals surface area contributed by atoms with Gasteiger partial charge in [-0.3, -0.25) is 4.40 Å². The molecule has 0 N–H and O–H groups in total. The van der Waals surface area contributed by atoms with E-state index in [1.807, 2.05) is 12.1 Å². The topological polar surface area (TPSA) is 43.3 Å². The molecule has 3 heterocycles.